The second-order valence-corrected chi connectivity index (χ2v) is 13.2. The quantitative estimate of drug-likeness (QED) is 0.0764. The molecule has 0 aliphatic rings. The van der Waals surface area contributed by atoms with Crippen LogP contribution in [0.15, 0.2) is 0 Å². The smallest absolute Gasteiger partial charge is 0.222 e. The molecule has 0 aliphatic heterocycles. The lowest BCUT2D eigenvalue weighted by Gasteiger charge is -2.24. The Morgan fingerprint density at radius 1 is 0.410 bits per heavy atom. The molecule has 0 fully saturated rings. The summed E-state index contributed by atoms with van der Waals surface area (Å²) < 4.78 is 0. The minimum Gasteiger partial charge on any atom is -0.343 e. The zero-order valence-corrected chi connectivity index (χ0v) is 27.9. The maximum atomic E-state index is 12.8. The van der Waals surface area contributed by atoms with Crippen molar-refractivity contribution in [3.05, 3.63) is 0 Å². The average molecular weight is 550 g/mol. The standard InChI is InChI=1S/C37H75NO/c1-5-7-9-11-13-15-17-19-21-23-25-27-29-31-33-38(37(39)35-36(3)4)34-32-30-28-26-24-22-20-18-16-14-12-10-8-6-2/h36H,5-35H2,1-4H3. The lowest BCUT2D eigenvalue weighted by Crippen LogP contribution is -2.33. The van der Waals surface area contributed by atoms with Crippen LogP contribution in [-0.2, 0) is 4.79 Å². The molecule has 0 aromatic heterocycles. The summed E-state index contributed by atoms with van der Waals surface area (Å²) in [6, 6.07) is 0. The van der Waals surface area contributed by atoms with Crippen LogP contribution in [0.4, 0.5) is 0 Å². The molecule has 0 saturated carbocycles. The number of hydrogen-bond donors (Lipinski definition) is 0. The van der Waals surface area contributed by atoms with Gasteiger partial charge in [0.1, 0.15) is 0 Å². The van der Waals surface area contributed by atoms with E-state index in [-0.39, 0.29) is 0 Å². The molecule has 0 saturated heterocycles. The van der Waals surface area contributed by atoms with E-state index in [1.165, 1.54) is 180 Å². The molecule has 2 nitrogen and oxygen atoms in total. The van der Waals surface area contributed by atoms with E-state index in [0.717, 1.165) is 19.5 Å². The van der Waals surface area contributed by atoms with Crippen LogP contribution in [0.5, 0.6) is 0 Å². The van der Waals surface area contributed by atoms with Crippen molar-refractivity contribution in [2.24, 2.45) is 5.92 Å². The lowest BCUT2D eigenvalue weighted by atomic mass is 10.0. The van der Waals surface area contributed by atoms with Crippen molar-refractivity contribution in [3.8, 4) is 0 Å². The van der Waals surface area contributed by atoms with Gasteiger partial charge in [-0.3, -0.25) is 4.79 Å². The molecule has 0 aromatic rings. The minimum atomic E-state index is 0.398. The molecule has 234 valence electrons. The predicted octanol–water partition coefficient (Wildman–Crippen LogP) is 12.8. The molecule has 0 radical (unpaired) electrons. The van der Waals surface area contributed by atoms with E-state index in [1.807, 2.05) is 0 Å². The third kappa shape index (κ3) is 30.3. The van der Waals surface area contributed by atoms with Crippen molar-refractivity contribution >= 4 is 5.91 Å². The average Bonchev–Trinajstić information content (AvgIpc) is 2.91. The van der Waals surface area contributed by atoms with Crippen molar-refractivity contribution < 1.29 is 4.79 Å². The maximum Gasteiger partial charge on any atom is 0.222 e. The minimum absolute atomic E-state index is 0.398. The Kier molecular flexibility index (Phi) is 31.6. The van der Waals surface area contributed by atoms with Crippen LogP contribution < -0.4 is 0 Å². The molecular formula is C37H75NO. The zero-order chi connectivity index (χ0) is 28.7. The van der Waals surface area contributed by atoms with Gasteiger partial charge in [-0.25, -0.2) is 0 Å². The molecule has 0 aliphatic carbocycles. The van der Waals surface area contributed by atoms with Crippen LogP contribution in [0.25, 0.3) is 0 Å². The first-order valence-electron chi connectivity index (χ1n) is 18.4. The molecule has 0 rings (SSSR count). The van der Waals surface area contributed by atoms with Gasteiger partial charge < -0.3 is 4.90 Å². The molecule has 0 N–H and O–H groups in total. The second-order valence-electron chi connectivity index (χ2n) is 13.2. The molecule has 2 heteroatoms. The first kappa shape index (κ1) is 38.5. The van der Waals surface area contributed by atoms with Gasteiger partial charge in [-0.1, -0.05) is 195 Å². The maximum absolute atomic E-state index is 12.8. The lowest BCUT2D eigenvalue weighted by molar-refractivity contribution is -0.132. The van der Waals surface area contributed by atoms with Gasteiger partial charge in [0.2, 0.25) is 5.91 Å². The van der Waals surface area contributed by atoms with Gasteiger partial charge in [-0.2, -0.15) is 0 Å². The summed E-state index contributed by atoms with van der Waals surface area (Å²) in [5, 5.41) is 0. The summed E-state index contributed by atoms with van der Waals surface area (Å²) in [5.41, 5.74) is 0. The summed E-state index contributed by atoms with van der Waals surface area (Å²) in [4.78, 5) is 15.0. The fourth-order valence-corrected chi connectivity index (χ4v) is 5.83. The van der Waals surface area contributed by atoms with E-state index >= 15 is 0 Å². The number of rotatable bonds is 32. The highest BCUT2D eigenvalue weighted by molar-refractivity contribution is 5.76. The van der Waals surface area contributed by atoms with Gasteiger partial charge in [0.15, 0.2) is 0 Å². The largest absolute Gasteiger partial charge is 0.343 e. The fourth-order valence-electron chi connectivity index (χ4n) is 5.83. The van der Waals surface area contributed by atoms with E-state index in [2.05, 4.69) is 32.6 Å². The van der Waals surface area contributed by atoms with E-state index in [0.29, 0.717) is 11.8 Å². The summed E-state index contributed by atoms with van der Waals surface area (Å²) in [6.45, 7) is 10.9. The van der Waals surface area contributed by atoms with Gasteiger partial charge in [0, 0.05) is 19.5 Å². The van der Waals surface area contributed by atoms with Gasteiger partial charge in [-0.05, 0) is 18.8 Å². The van der Waals surface area contributed by atoms with Gasteiger partial charge in [0.25, 0.3) is 0 Å². The van der Waals surface area contributed by atoms with Crippen LogP contribution in [0.3, 0.4) is 0 Å². The number of unbranched alkanes of at least 4 members (excludes halogenated alkanes) is 26. The molecule has 0 atom stereocenters. The number of carbonyl (C=O) groups excluding carboxylic acids is 1. The third-order valence-electron chi connectivity index (χ3n) is 8.50. The van der Waals surface area contributed by atoms with Crippen molar-refractivity contribution in [2.75, 3.05) is 13.1 Å². The van der Waals surface area contributed by atoms with E-state index in [1.54, 1.807) is 0 Å². The normalized spacial score (nSPS) is 11.5. The van der Waals surface area contributed by atoms with E-state index in [4.69, 9.17) is 0 Å². The molecule has 0 aromatic carbocycles. The first-order chi connectivity index (χ1) is 19.1. The molecule has 0 heterocycles. The van der Waals surface area contributed by atoms with Crippen molar-refractivity contribution in [3.63, 3.8) is 0 Å². The topological polar surface area (TPSA) is 20.3 Å². The van der Waals surface area contributed by atoms with E-state index < -0.39 is 0 Å². The van der Waals surface area contributed by atoms with E-state index in [9.17, 15) is 4.79 Å². The van der Waals surface area contributed by atoms with Crippen molar-refractivity contribution in [1.29, 1.82) is 0 Å². The summed E-state index contributed by atoms with van der Waals surface area (Å²) in [5.74, 6) is 0.863. The van der Waals surface area contributed by atoms with Crippen LogP contribution in [0, 0.1) is 5.92 Å². The molecular weight excluding hydrogens is 474 g/mol. The van der Waals surface area contributed by atoms with Crippen LogP contribution in [-0.4, -0.2) is 23.9 Å². The van der Waals surface area contributed by atoms with Gasteiger partial charge >= 0.3 is 0 Å². The number of amides is 1. The van der Waals surface area contributed by atoms with Crippen molar-refractivity contribution in [2.45, 2.75) is 214 Å². The highest BCUT2D eigenvalue weighted by atomic mass is 16.2. The number of carbonyl (C=O) groups is 1. The Hall–Kier alpha value is -0.530. The Morgan fingerprint density at radius 3 is 0.872 bits per heavy atom. The SMILES string of the molecule is CCCCCCCCCCCCCCCCN(CCCCCCCCCCCCCCCC)C(=O)CC(C)C. The Labute approximate surface area is 248 Å². The summed E-state index contributed by atoms with van der Waals surface area (Å²) >= 11 is 0. The fraction of sp³-hybridized carbons (Fsp3) is 0.973. The molecule has 0 unspecified atom stereocenters. The third-order valence-corrected chi connectivity index (χ3v) is 8.50. The van der Waals surface area contributed by atoms with Crippen molar-refractivity contribution in [1.82, 2.24) is 4.90 Å². The summed E-state index contributed by atoms with van der Waals surface area (Å²) in [7, 11) is 0. The highest BCUT2D eigenvalue weighted by Crippen LogP contribution is 2.16. The van der Waals surface area contributed by atoms with Gasteiger partial charge in [0.05, 0.1) is 0 Å². The van der Waals surface area contributed by atoms with Crippen LogP contribution in [0.1, 0.15) is 214 Å². The Balaban J connectivity index is 3.72. The Morgan fingerprint density at radius 2 is 0.641 bits per heavy atom. The monoisotopic (exact) mass is 550 g/mol. The molecule has 0 bridgehead atoms. The summed E-state index contributed by atoms with van der Waals surface area (Å²) in [6.07, 6.45) is 39.7. The molecule has 39 heavy (non-hydrogen) atoms. The first-order valence-corrected chi connectivity index (χ1v) is 18.4. The van der Waals surface area contributed by atoms with Gasteiger partial charge in [-0.15, -0.1) is 0 Å². The zero-order valence-electron chi connectivity index (χ0n) is 27.9. The molecule has 1 amide bonds. The Bertz CT molecular complexity index is 442. The highest BCUT2D eigenvalue weighted by Gasteiger charge is 2.14. The predicted molar refractivity (Wildman–Crippen MR) is 177 cm³/mol. The second kappa shape index (κ2) is 32.0. The molecule has 0 spiro atoms. The number of hydrogen-bond acceptors (Lipinski definition) is 1. The number of nitrogens with zero attached hydrogens (tertiary/aromatic N) is 1. The van der Waals surface area contributed by atoms with Crippen LogP contribution in [0.2, 0.25) is 0 Å². The van der Waals surface area contributed by atoms with Crippen LogP contribution >= 0.6 is 0 Å².